The van der Waals surface area contributed by atoms with Crippen LogP contribution in [0.3, 0.4) is 0 Å². The molecule has 0 amide bonds. The Balaban J connectivity index is 0.00000192. The summed E-state index contributed by atoms with van der Waals surface area (Å²) in [4.78, 5) is 27.0. The van der Waals surface area contributed by atoms with Crippen molar-refractivity contribution in [3.05, 3.63) is 37.7 Å². The van der Waals surface area contributed by atoms with Gasteiger partial charge in [-0.2, -0.15) is 4.68 Å². The van der Waals surface area contributed by atoms with E-state index in [1.807, 2.05) is 4.90 Å². The number of nitrogens with zero attached hydrogens (tertiary/aromatic N) is 3. The molecule has 1 aliphatic heterocycles. The number of halogens is 3. The topological polar surface area (TPSA) is 73.3 Å². The number of nitrogen functional groups attached to an aromatic ring is 1. The lowest BCUT2D eigenvalue weighted by molar-refractivity contribution is 0.494. The second-order valence-electron chi connectivity index (χ2n) is 8.48. The van der Waals surface area contributed by atoms with E-state index in [-0.39, 0.29) is 28.9 Å². The van der Waals surface area contributed by atoms with E-state index in [1.54, 1.807) is 0 Å². The first-order chi connectivity index (χ1) is 12.9. The summed E-state index contributed by atoms with van der Waals surface area (Å²) in [6, 6.07) is 1.15. The van der Waals surface area contributed by atoms with E-state index in [2.05, 4.69) is 6.92 Å². The van der Waals surface area contributed by atoms with Gasteiger partial charge in [0.25, 0.3) is 5.56 Å². The van der Waals surface area contributed by atoms with E-state index in [4.69, 9.17) is 17.4 Å². The zero-order valence-corrected chi connectivity index (χ0v) is 17.1. The fourth-order valence-corrected chi connectivity index (χ4v) is 5.57. The molecule has 9 heteroatoms. The average Bonchev–Trinajstić information content (AvgIpc) is 3.28. The SMILES string of the molecule is CC1CC2CN(c3c(F)cc4c(=O)n(N)c(=O)n(C5CC5)c4c3Cl)CC2C1.Cl. The molecule has 2 N–H and O–H groups in total. The molecule has 1 aromatic heterocycles. The molecule has 1 saturated heterocycles. The Labute approximate surface area is 172 Å². The van der Waals surface area contributed by atoms with Crippen LogP contribution in [0.5, 0.6) is 0 Å². The Kier molecular flexibility index (Phi) is 4.66. The van der Waals surface area contributed by atoms with Crippen LogP contribution in [0.25, 0.3) is 10.9 Å². The summed E-state index contributed by atoms with van der Waals surface area (Å²) in [5, 5.41) is 0.211. The van der Waals surface area contributed by atoms with Crippen molar-refractivity contribution in [1.82, 2.24) is 9.24 Å². The van der Waals surface area contributed by atoms with Crippen LogP contribution in [-0.2, 0) is 0 Å². The first kappa shape index (κ1) is 19.6. The molecule has 3 aliphatic rings. The molecule has 3 fully saturated rings. The van der Waals surface area contributed by atoms with Crippen LogP contribution in [0, 0.1) is 23.6 Å². The van der Waals surface area contributed by atoms with Crippen molar-refractivity contribution in [2.45, 2.75) is 38.6 Å². The molecular weight excluding hydrogens is 406 g/mol. The van der Waals surface area contributed by atoms with Gasteiger partial charge in [-0.15, -0.1) is 12.4 Å². The Hall–Kier alpha value is -1.73. The van der Waals surface area contributed by atoms with Crippen molar-refractivity contribution < 1.29 is 4.39 Å². The molecule has 0 spiro atoms. The maximum absolute atomic E-state index is 15.0. The highest BCUT2D eigenvalue weighted by molar-refractivity contribution is 6.38. The quantitative estimate of drug-likeness (QED) is 0.746. The molecule has 2 heterocycles. The fraction of sp³-hybridized carbons (Fsp3) is 0.579. The third kappa shape index (κ3) is 2.74. The molecule has 2 aromatic rings. The van der Waals surface area contributed by atoms with Crippen LogP contribution in [-0.4, -0.2) is 22.3 Å². The van der Waals surface area contributed by atoms with E-state index in [1.165, 1.54) is 10.6 Å². The second-order valence-corrected chi connectivity index (χ2v) is 8.86. The molecule has 152 valence electrons. The minimum atomic E-state index is -0.716. The number of nitrogens with two attached hydrogens (primary N) is 1. The first-order valence-electron chi connectivity index (χ1n) is 9.56. The highest BCUT2D eigenvalue weighted by Gasteiger charge is 2.41. The van der Waals surface area contributed by atoms with Crippen LogP contribution < -0.4 is 22.0 Å². The summed E-state index contributed by atoms with van der Waals surface area (Å²) in [7, 11) is 0. The Morgan fingerprint density at radius 2 is 1.79 bits per heavy atom. The van der Waals surface area contributed by atoms with Gasteiger partial charge in [-0.05, 0) is 49.5 Å². The predicted molar refractivity (Wildman–Crippen MR) is 111 cm³/mol. The van der Waals surface area contributed by atoms with Gasteiger partial charge in [0.2, 0.25) is 0 Å². The van der Waals surface area contributed by atoms with Crippen molar-refractivity contribution in [2.75, 3.05) is 23.8 Å². The molecular formula is C19H23Cl2FN4O2. The molecule has 2 saturated carbocycles. The van der Waals surface area contributed by atoms with Gasteiger partial charge in [-0.25, -0.2) is 9.18 Å². The second kappa shape index (κ2) is 6.66. The van der Waals surface area contributed by atoms with Crippen LogP contribution in [0.4, 0.5) is 10.1 Å². The lowest BCUT2D eigenvalue weighted by Crippen LogP contribution is -2.44. The number of hydrogen-bond donors (Lipinski definition) is 1. The van der Waals surface area contributed by atoms with Crippen LogP contribution in [0.2, 0.25) is 5.02 Å². The smallest absolute Gasteiger partial charge is 0.350 e. The summed E-state index contributed by atoms with van der Waals surface area (Å²) in [6.07, 6.45) is 3.95. The van der Waals surface area contributed by atoms with Crippen LogP contribution in [0.1, 0.15) is 38.6 Å². The largest absolute Gasteiger partial charge is 0.367 e. The third-order valence-corrected chi connectivity index (χ3v) is 6.84. The van der Waals surface area contributed by atoms with Gasteiger partial charge in [0.1, 0.15) is 5.82 Å². The number of aromatic nitrogens is 2. The number of hydrogen-bond acceptors (Lipinski definition) is 4. The normalized spacial score (nSPS) is 26.5. The molecule has 2 aliphatic carbocycles. The van der Waals surface area contributed by atoms with Crippen molar-refractivity contribution in [2.24, 2.45) is 17.8 Å². The summed E-state index contributed by atoms with van der Waals surface area (Å²) < 4.78 is 17.1. The summed E-state index contributed by atoms with van der Waals surface area (Å²) in [6.45, 7) is 3.79. The van der Waals surface area contributed by atoms with Crippen molar-refractivity contribution in [3.63, 3.8) is 0 Å². The van der Waals surface area contributed by atoms with E-state index < -0.39 is 17.1 Å². The number of benzene rings is 1. The molecule has 5 rings (SSSR count). The maximum atomic E-state index is 15.0. The minimum absolute atomic E-state index is 0. The van der Waals surface area contributed by atoms with Crippen molar-refractivity contribution >= 4 is 40.6 Å². The molecule has 0 bridgehead atoms. The first-order valence-corrected chi connectivity index (χ1v) is 9.94. The van der Waals surface area contributed by atoms with Gasteiger partial charge >= 0.3 is 5.69 Å². The van der Waals surface area contributed by atoms with Gasteiger partial charge in [0.15, 0.2) is 0 Å². The molecule has 0 radical (unpaired) electrons. The summed E-state index contributed by atoms with van der Waals surface area (Å²) in [5.74, 6) is 6.93. The Morgan fingerprint density at radius 1 is 1.18 bits per heavy atom. The van der Waals surface area contributed by atoms with E-state index in [0.717, 1.165) is 38.8 Å². The summed E-state index contributed by atoms with van der Waals surface area (Å²) >= 11 is 6.66. The van der Waals surface area contributed by atoms with Gasteiger partial charge in [0.05, 0.1) is 21.6 Å². The maximum Gasteiger partial charge on any atom is 0.350 e. The zero-order chi connectivity index (χ0) is 19.0. The predicted octanol–water partition coefficient (Wildman–Crippen LogP) is 2.91. The average molecular weight is 429 g/mol. The van der Waals surface area contributed by atoms with Gasteiger partial charge < -0.3 is 10.7 Å². The van der Waals surface area contributed by atoms with Crippen LogP contribution >= 0.6 is 24.0 Å². The third-order valence-electron chi connectivity index (χ3n) is 6.49. The molecule has 2 atom stereocenters. The monoisotopic (exact) mass is 428 g/mol. The fourth-order valence-electron chi connectivity index (χ4n) is 5.17. The van der Waals surface area contributed by atoms with E-state index in [0.29, 0.717) is 33.6 Å². The van der Waals surface area contributed by atoms with Crippen molar-refractivity contribution in [3.8, 4) is 0 Å². The Morgan fingerprint density at radius 3 is 2.36 bits per heavy atom. The molecule has 28 heavy (non-hydrogen) atoms. The van der Waals surface area contributed by atoms with E-state index in [9.17, 15) is 9.59 Å². The van der Waals surface area contributed by atoms with Gasteiger partial charge in [0, 0.05) is 19.1 Å². The number of fused-ring (bicyclic) bond motifs is 2. The lowest BCUT2D eigenvalue weighted by Gasteiger charge is -2.24. The standard InChI is InChI=1S/C19H22ClFN4O2.ClH/c1-9-4-10-7-23(8-11(10)5-9)17-14(21)6-13-16(15(17)20)24(12-2-3-12)19(27)25(22)18(13)26;/h6,9-12H,2-5,7-8,22H2,1H3;1H. The van der Waals surface area contributed by atoms with Gasteiger partial charge in [-0.1, -0.05) is 18.5 Å². The number of rotatable bonds is 2. The molecule has 1 aromatic carbocycles. The minimum Gasteiger partial charge on any atom is -0.367 e. The lowest BCUT2D eigenvalue weighted by atomic mass is 10.0. The highest BCUT2D eigenvalue weighted by Crippen LogP contribution is 2.46. The zero-order valence-electron chi connectivity index (χ0n) is 15.5. The van der Waals surface area contributed by atoms with Crippen molar-refractivity contribution in [1.29, 1.82) is 0 Å². The summed E-state index contributed by atoms with van der Waals surface area (Å²) in [5.41, 5.74) is -0.681. The van der Waals surface area contributed by atoms with Crippen LogP contribution in [0.15, 0.2) is 15.7 Å². The Bertz CT molecular complexity index is 1060. The van der Waals surface area contributed by atoms with Gasteiger partial charge in [-0.3, -0.25) is 9.36 Å². The molecule has 2 unspecified atom stereocenters. The molecule has 6 nitrogen and oxygen atoms in total. The highest BCUT2D eigenvalue weighted by atomic mass is 35.5. The van der Waals surface area contributed by atoms with E-state index >= 15 is 4.39 Å². The number of anilines is 1.